The van der Waals surface area contributed by atoms with Crippen LogP contribution < -0.4 is 10.0 Å². The van der Waals surface area contributed by atoms with E-state index in [1.54, 1.807) is 0 Å². The summed E-state index contributed by atoms with van der Waals surface area (Å²) < 4.78 is 26.9. The van der Waals surface area contributed by atoms with Crippen molar-refractivity contribution in [3.63, 3.8) is 0 Å². The summed E-state index contributed by atoms with van der Waals surface area (Å²) in [7, 11) is -3.89. The maximum Gasteiger partial charge on any atom is 0.257 e. The largest absolute Gasteiger partial charge is 0.302 e. The normalized spacial score (nSPS) is 17.3. The zero-order chi connectivity index (χ0) is 20.4. The van der Waals surface area contributed by atoms with Crippen LogP contribution in [0.2, 0.25) is 0 Å². The summed E-state index contributed by atoms with van der Waals surface area (Å²) in [5, 5.41) is 4.12. The van der Waals surface area contributed by atoms with Crippen molar-refractivity contribution in [3.05, 3.63) is 76.2 Å². The summed E-state index contributed by atoms with van der Waals surface area (Å²) in [6.45, 7) is 6.99. The third-order valence-electron chi connectivity index (χ3n) is 4.83. The van der Waals surface area contributed by atoms with Crippen LogP contribution in [0, 0.1) is 0 Å². The Balaban J connectivity index is 1.70. The van der Waals surface area contributed by atoms with Gasteiger partial charge in [-0.05, 0) is 40.2 Å². The molecule has 0 aromatic heterocycles. The molecule has 6 heteroatoms. The minimum absolute atomic E-state index is 0.0333. The van der Waals surface area contributed by atoms with Crippen LogP contribution in [0.5, 0.6) is 0 Å². The highest BCUT2D eigenvalue weighted by Gasteiger charge is 2.27. The minimum atomic E-state index is -3.89. The van der Waals surface area contributed by atoms with E-state index in [0.717, 1.165) is 28.5 Å². The maximum absolute atomic E-state index is 12.6. The van der Waals surface area contributed by atoms with Crippen molar-refractivity contribution in [2.75, 3.05) is 6.54 Å². The average molecular weight is 399 g/mol. The highest BCUT2D eigenvalue weighted by Crippen LogP contribution is 2.24. The fraction of sp³-hybridized carbons (Fsp3) is 0.318. The zero-order valence-electron chi connectivity index (χ0n) is 16.4. The first kappa shape index (κ1) is 20.3. The molecule has 0 saturated heterocycles. The van der Waals surface area contributed by atoms with Crippen molar-refractivity contribution >= 4 is 22.0 Å². The highest BCUT2D eigenvalue weighted by molar-refractivity contribution is 7.93. The van der Waals surface area contributed by atoms with Gasteiger partial charge in [-0.25, -0.2) is 13.1 Å². The molecule has 1 aliphatic rings. The summed E-state index contributed by atoms with van der Waals surface area (Å²) in [6, 6.07) is 14.6. The van der Waals surface area contributed by atoms with Crippen LogP contribution in [0.25, 0.3) is 6.08 Å². The number of hydrogen-bond acceptors (Lipinski definition) is 4. The fourth-order valence-electron chi connectivity index (χ4n) is 3.23. The first-order chi connectivity index (χ1) is 13.2. The summed E-state index contributed by atoms with van der Waals surface area (Å²) in [6.07, 6.45) is 2.31. The lowest BCUT2D eigenvalue weighted by Crippen LogP contribution is -2.42. The maximum atomic E-state index is 12.6. The van der Waals surface area contributed by atoms with Gasteiger partial charge < -0.3 is 5.32 Å². The van der Waals surface area contributed by atoms with Crippen molar-refractivity contribution in [1.82, 2.24) is 10.0 Å². The molecule has 2 N–H and O–H groups in total. The van der Waals surface area contributed by atoms with E-state index < -0.39 is 22.0 Å². The molecule has 0 aliphatic carbocycles. The van der Waals surface area contributed by atoms with Crippen molar-refractivity contribution in [2.45, 2.75) is 38.6 Å². The predicted octanol–water partition coefficient (Wildman–Crippen LogP) is 3.29. The van der Waals surface area contributed by atoms with Gasteiger partial charge in [0.1, 0.15) is 6.04 Å². The van der Waals surface area contributed by atoms with Crippen molar-refractivity contribution in [1.29, 1.82) is 0 Å². The second-order valence-electron chi connectivity index (χ2n) is 8.02. The van der Waals surface area contributed by atoms with Crippen LogP contribution in [-0.4, -0.2) is 20.9 Å². The number of benzene rings is 2. The summed E-state index contributed by atoms with van der Waals surface area (Å²) in [5.41, 5.74) is 3.84. The van der Waals surface area contributed by atoms with Gasteiger partial charge in [0.2, 0.25) is 0 Å². The van der Waals surface area contributed by atoms with Gasteiger partial charge in [-0.2, -0.15) is 0 Å². The monoisotopic (exact) mass is 398 g/mol. The van der Waals surface area contributed by atoms with E-state index in [-0.39, 0.29) is 5.41 Å². The molecule has 0 saturated carbocycles. The number of nitrogens with one attached hydrogen (secondary N) is 2. The molecular formula is C22H26N2O3S. The van der Waals surface area contributed by atoms with E-state index in [9.17, 15) is 13.2 Å². The summed E-state index contributed by atoms with van der Waals surface area (Å²) in [4.78, 5) is 12.6. The molecule has 0 radical (unpaired) electrons. The molecule has 1 aliphatic heterocycles. The summed E-state index contributed by atoms with van der Waals surface area (Å²) in [5.74, 6) is -0.570. The van der Waals surface area contributed by atoms with E-state index in [4.69, 9.17) is 0 Å². The van der Waals surface area contributed by atoms with E-state index in [2.05, 4.69) is 30.8 Å². The lowest BCUT2D eigenvalue weighted by Gasteiger charge is -2.25. The predicted molar refractivity (Wildman–Crippen MR) is 112 cm³/mol. The lowest BCUT2D eigenvalue weighted by molar-refractivity contribution is -0.121. The quantitative estimate of drug-likeness (QED) is 0.829. The lowest BCUT2D eigenvalue weighted by atomic mass is 9.87. The van der Waals surface area contributed by atoms with Crippen LogP contribution >= 0.6 is 0 Å². The van der Waals surface area contributed by atoms with Gasteiger partial charge >= 0.3 is 0 Å². The number of amides is 1. The van der Waals surface area contributed by atoms with Gasteiger partial charge in [0.25, 0.3) is 15.9 Å². The first-order valence-electron chi connectivity index (χ1n) is 9.32. The van der Waals surface area contributed by atoms with Crippen LogP contribution in [0.3, 0.4) is 0 Å². The second-order valence-corrected chi connectivity index (χ2v) is 9.59. The Kier molecular flexibility index (Phi) is 5.72. The Bertz CT molecular complexity index is 987. The van der Waals surface area contributed by atoms with Gasteiger partial charge in [-0.1, -0.05) is 69.3 Å². The highest BCUT2D eigenvalue weighted by atomic mass is 32.2. The van der Waals surface area contributed by atoms with Gasteiger partial charge in [0.15, 0.2) is 0 Å². The topological polar surface area (TPSA) is 75.3 Å². The van der Waals surface area contributed by atoms with Gasteiger partial charge in [-0.15, -0.1) is 0 Å². The molecule has 0 bridgehead atoms. The summed E-state index contributed by atoms with van der Waals surface area (Å²) >= 11 is 0. The molecule has 1 heterocycles. The van der Waals surface area contributed by atoms with Crippen LogP contribution in [0.15, 0.2) is 53.9 Å². The van der Waals surface area contributed by atoms with E-state index in [1.807, 2.05) is 48.5 Å². The Morgan fingerprint density at radius 2 is 1.79 bits per heavy atom. The number of sulfonamides is 1. The molecule has 148 valence electrons. The molecule has 0 spiro atoms. The molecule has 3 rings (SSSR count). The van der Waals surface area contributed by atoms with Gasteiger partial charge in [0, 0.05) is 6.54 Å². The Labute approximate surface area is 166 Å². The first-order valence-corrected chi connectivity index (χ1v) is 10.9. The number of rotatable bonds is 4. The third kappa shape index (κ3) is 4.88. The molecule has 1 amide bonds. The number of hydrogen-bond donors (Lipinski definition) is 2. The molecule has 2 aromatic carbocycles. The SMILES string of the molecule is CC(C)(C)c1ccc(C=CS(=O)(=O)NC(=O)C2NCCc3ccccc32)cc1. The van der Waals surface area contributed by atoms with Gasteiger partial charge in [0.05, 0.1) is 5.41 Å². The van der Waals surface area contributed by atoms with Crippen molar-refractivity contribution < 1.29 is 13.2 Å². The molecule has 1 unspecified atom stereocenters. The van der Waals surface area contributed by atoms with Crippen molar-refractivity contribution in [2.24, 2.45) is 0 Å². The minimum Gasteiger partial charge on any atom is -0.302 e. The van der Waals surface area contributed by atoms with Crippen LogP contribution in [0.1, 0.15) is 49.1 Å². The number of carbonyl (C=O) groups excluding carboxylic acids is 1. The smallest absolute Gasteiger partial charge is 0.257 e. The Morgan fingerprint density at radius 1 is 1.11 bits per heavy atom. The molecular weight excluding hydrogens is 372 g/mol. The second kappa shape index (κ2) is 7.89. The average Bonchev–Trinajstić information content (AvgIpc) is 2.65. The Hall–Kier alpha value is -2.44. The molecule has 1 atom stereocenters. The fourth-order valence-corrected chi connectivity index (χ4v) is 4.04. The number of fused-ring (bicyclic) bond motifs is 1. The standard InChI is InChI=1S/C22H26N2O3S/c1-22(2,3)18-10-8-16(9-11-18)13-15-28(26,27)24-21(25)20-19-7-5-4-6-17(19)12-14-23-20/h4-11,13,15,20,23H,12,14H2,1-3H3,(H,24,25). The van der Waals surface area contributed by atoms with E-state index in [0.29, 0.717) is 6.54 Å². The molecule has 0 fully saturated rings. The molecule has 5 nitrogen and oxygen atoms in total. The number of carbonyl (C=O) groups is 1. The van der Waals surface area contributed by atoms with Crippen LogP contribution in [-0.2, 0) is 26.7 Å². The zero-order valence-corrected chi connectivity index (χ0v) is 17.2. The van der Waals surface area contributed by atoms with Crippen LogP contribution in [0.4, 0.5) is 0 Å². The van der Waals surface area contributed by atoms with Gasteiger partial charge in [-0.3, -0.25) is 4.79 Å². The third-order valence-corrected chi connectivity index (χ3v) is 5.81. The van der Waals surface area contributed by atoms with E-state index in [1.165, 1.54) is 11.6 Å². The molecule has 2 aromatic rings. The van der Waals surface area contributed by atoms with Crippen molar-refractivity contribution in [3.8, 4) is 0 Å². The molecule has 28 heavy (non-hydrogen) atoms. The van der Waals surface area contributed by atoms with E-state index >= 15 is 0 Å². The Morgan fingerprint density at radius 3 is 2.46 bits per heavy atom.